The summed E-state index contributed by atoms with van der Waals surface area (Å²) in [5.41, 5.74) is 6.70. The molecule has 0 saturated heterocycles. The molecule has 1 saturated carbocycles. The lowest BCUT2D eigenvalue weighted by Gasteiger charge is -2.29. The lowest BCUT2D eigenvalue weighted by molar-refractivity contribution is 0.0921. The van der Waals surface area contributed by atoms with Gasteiger partial charge in [0.15, 0.2) is 0 Å². The SMILES string of the molecule is Cl.NC1CCCCC1NC(=O)c1ccccc1. The number of amides is 1. The normalized spacial score (nSPS) is 23.6. The summed E-state index contributed by atoms with van der Waals surface area (Å²) in [7, 11) is 0. The Kier molecular flexibility index (Phi) is 5.45. The maximum Gasteiger partial charge on any atom is 0.251 e. The lowest BCUT2D eigenvalue weighted by atomic mass is 9.91. The zero-order valence-electron chi connectivity index (χ0n) is 9.76. The lowest BCUT2D eigenvalue weighted by Crippen LogP contribution is -2.49. The summed E-state index contributed by atoms with van der Waals surface area (Å²) in [4.78, 5) is 11.9. The number of carbonyl (C=O) groups is 1. The summed E-state index contributed by atoms with van der Waals surface area (Å²) in [6.07, 6.45) is 4.35. The molecule has 1 aromatic carbocycles. The monoisotopic (exact) mass is 254 g/mol. The van der Waals surface area contributed by atoms with Crippen molar-refractivity contribution in [3.05, 3.63) is 35.9 Å². The predicted molar refractivity (Wildman–Crippen MR) is 71.4 cm³/mol. The van der Waals surface area contributed by atoms with E-state index in [1.807, 2.05) is 30.3 Å². The van der Waals surface area contributed by atoms with Crippen molar-refractivity contribution in [3.63, 3.8) is 0 Å². The Bertz CT molecular complexity index is 356. The molecule has 3 nitrogen and oxygen atoms in total. The highest BCUT2D eigenvalue weighted by Gasteiger charge is 2.23. The van der Waals surface area contributed by atoms with Crippen LogP contribution in [0.3, 0.4) is 0 Å². The van der Waals surface area contributed by atoms with Crippen molar-refractivity contribution >= 4 is 18.3 Å². The van der Waals surface area contributed by atoms with Crippen molar-refractivity contribution < 1.29 is 4.79 Å². The highest BCUT2D eigenvalue weighted by atomic mass is 35.5. The molecule has 0 aliphatic heterocycles. The Morgan fingerprint density at radius 3 is 2.47 bits per heavy atom. The maximum atomic E-state index is 11.9. The fourth-order valence-electron chi connectivity index (χ4n) is 2.18. The minimum absolute atomic E-state index is 0. The van der Waals surface area contributed by atoms with Gasteiger partial charge >= 0.3 is 0 Å². The van der Waals surface area contributed by atoms with Gasteiger partial charge in [0.2, 0.25) is 0 Å². The van der Waals surface area contributed by atoms with E-state index >= 15 is 0 Å². The molecule has 0 heterocycles. The highest BCUT2D eigenvalue weighted by Crippen LogP contribution is 2.17. The molecule has 2 atom stereocenters. The molecule has 1 amide bonds. The Balaban J connectivity index is 0.00000144. The molecule has 2 rings (SSSR count). The minimum atomic E-state index is -0.0112. The Morgan fingerprint density at radius 1 is 1.18 bits per heavy atom. The molecule has 1 fully saturated rings. The fraction of sp³-hybridized carbons (Fsp3) is 0.462. The van der Waals surface area contributed by atoms with Crippen molar-refractivity contribution in [2.45, 2.75) is 37.8 Å². The molecule has 2 unspecified atom stereocenters. The summed E-state index contributed by atoms with van der Waals surface area (Å²) >= 11 is 0. The highest BCUT2D eigenvalue weighted by molar-refractivity contribution is 5.94. The van der Waals surface area contributed by atoms with Gasteiger partial charge in [0.1, 0.15) is 0 Å². The third-order valence-electron chi connectivity index (χ3n) is 3.17. The van der Waals surface area contributed by atoms with Gasteiger partial charge in [-0.05, 0) is 25.0 Å². The standard InChI is InChI=1S/C13H18N2O.ClH/c14-11-8-4-5-9-12(11)15-13(16)10-6-2-1-3-7-10;/h1-3,6-7,11-12H,4-5,8-9,14H2,(H,15,16);1H. The second-order valence-electron chi connectivity index (χ2n) is 4.39. The first-order chi connectivity index (χ1) is 7.77. The number of rotatable bonds is 2. The van der Waals surface area contributed by atoms with Crippen molar-refractivity contribution in [2.75, 3.05) is 0 Å². The van der Waals surface area contributed by atoms with Gasteiger partial charge in [0, 0.05) is 17.6 Å². The van der Waals surface area contributed by atoms with Crippen LogP contribution >= 0.6 is 12.4 Å². The van der Waals surface area contributed by atoms with Crippen molar-refractivity contribution in [1.82, 2.24) is 5.32 Å². The molecule has 0 aromatic heterocycles. The molecule has 1 aromatic rings. The summed E-state index contributed by atoms with van der Waals surface area (Å²) < 4.78 is 0. The number of hydrogen-bond acceptors (Lipinski definition) is 2. The molecule has 1 aliphatic carbocycles. The number of nitrogens with two attached hydrogens (primary N) is 1. The van der Waals surface area contributed by atoms with Crippen LogP contribution in [0.1, 0.15) is 36.0 Å². The van der Waals surface area contributed by atoms with Crippen LogP contribution in [0, 0.1) is 0 Å². The van der Waals surface area contributed by atoms with E-state index in [1.165, 1.54) is 6.42 Å². The molecule has 0 spiro atoms. The number of carbonyl (C=O) groups excluding carboxylic acids is 1. The van der Waals surface area contributed by atoms with Gasteiger partial charge in [-0.25, -0.2) is 0 Å². The van der Waals surface area contributed by atoms with E-state index in [0.29, 0.717) is 5.56 Å². The number of benzene rings is 1. The maximum absolute atomic E-state index is 11.9. The second-order valence-corrected chi connectivity index (χ2v) is 4.39. The smallest absolute Gasteiger partial charge is 0.251 e. The van der Waals surface area contributed by atoms with Gasteiger partial charge in [-0.2, -0.15) is 0 Å². The van der Waals surface area contributed by atoms with E-state index in [9.17, 15) is 4.79 Å². The topological polar surface area (TPSA) is 55.1 Å². The van der Waals surface area contributed by atoms with Gasteiger partial charge in [-0.3, -0.25) is 4.79 Å². The molecule has 4 heteroatoms. The zero-order chi connectivity index (χ0) is 11.4. The zero-order valence-corrected chi connectivity index (χ0v) is 10.6. The second kappa shape index (κ2) is 6.62. The van der Waals surface area contributed by atoms with Gasteiger partial charge in [0.05, 0.1) is 0 Å². The van der Waals surface area contributed by atoms with E-state index in [4.69, 9.17) is 5.73 Å². The molecule has 1 aliphatic rings. The summed E-state index contributed by atoms with van der Waals surface area (Å²) in [6, 6.07) is 9.55. The predicted octanol–water partition coefficient (Wildman–Crippen LogP) is 2.11. The van der Waals surface area contributed by atoms with Crippen molar-refractivity contribution in [3.8, 4) is 0 Å². The van der Waals surface area contributed by atoms with Crippen molar-refractivity contribution in [1.29, 1.82) is 0 Å². The summed E-state index contributed by atoms with van der Waals surface area (Å²) in [5.74, 6) is -0.0112. The molecule has 94 valence electrons. The van der Waals surface area contributed by atoms with Crippen LogP contribution in [0.15, 0.2) is 30.3 Å². The summed E-state index contributed by atoms with van der Waals surface area (Å²) in [5, 5.41) is 3.02. The van der Waals surface area contributed by atoms with Gasteiger partial charge in [0.25, 0.3) is 5.91 Å². The van der Waals surface area contributed by atoms with Crippen LogP contribution in [-0.4, -0.2) is 18.0 Å². The van der Waals surface area contributed by atoms with E-state index in [-0.39, 0.29) is 30.4 Å². The average molecular weight is 255 g/mol. The molecular weight excluding hydrogens is 236 g/mol. The average Bonchev–Trinajstić information content (AvgIpc) is 2.33. The van der Waals surface area contributed by atoms with Gasteiger partial charge < -0.3 is 11.1 Å². The van der Waals surface area contributed by atoms with Crippen LogP contribution in [0.2, 0.25) is 0 Å². The Hall–Kier alpha value is -1.06. The Morgan fingerprint density at radius 2 is 1.82 bits per heavy atom. The number of nitrogens with one attached hydrogen (secondary N) is 1. The van der Waals surface area contributed by atoms with Crippen LogP contribution in [0.25, 0.3) is 0 Å². The number of hydrogen-bond donors (Lipinski definition) is 2. The third kappa shape index (κ3) is 3.72. The largest absolute Gasteiger partial charge is 0.348 e. The minimum Gasteiger partial charge on any atom is -0.348 e. The van der Waals surface area contributed by atoms with E-state index in [1.54, 1.807) is 0 Å². The van der Waals surface area contributed by atoms with Crippen LogP contribution in [0.5, 0.6) is 0 Å². The molecule has 3 N–H and O–H groups in total. The fourth-order valence-corrected chi connectivity index (χ4v) is 2.18. The van der Waals surface area contributed by atoms with E-state index < -0.39 is 0 Å². The molecule has 17 heavy (non-hydrogen) atoms. The Labute approximate surface area is 108 Å². The number of halogens is 1. The van der Waals surface area contributed by atoms with Gasteiger partial charge in [-0.15, -0.1) is 12.4 Å². The molecule has 0 radical (unpaired) electrons. The van der Waals surface area contributed by atoms with E-state index in [0.717, 1.165) is 19.3 Å². The first kappa shape index (κ1) is 14.0. The third-order valence-corrected chi connectivity index (χ3v) is 3.17. The first-order valence-corrected chi connectivity index (χ1v) is 5.89. The molecular formula is C13H19ClN2O. The van der Waals surface area contributed by atoms with Gasteiger partial charge in [-0.1, -0.05) is 31.0 Å². The summed E-state index contributed by atoms with van der Waals surface area (Å²) in [6.45, 7) is 0. The van der Waals surface area contributed by atoms with Crippen LogP contribution in [-0.2, 0) is 0 Å². The van der Waals surface area contributed by atoms with Crippen LogP contribution < -0.4 is 11.1 Å². The first-order valence-electron chi connectivity index (χ1n) is 5.89. The van der Waals surface area contributed by atoms with E-state index in [2.05, 4.69) is 5.32 Å². The van der Waals surface area contributed by atoms with Crippen molar-refractivity contribution in [2.24, 2.45) is 5.73 Å². The molecule has 0 bridgehead atoms. The quantitative estimate of drug-likeness (QED) is 0.849. The van der Waals surface area contributed by atoms with Crippen LogP contribution in [0.4, 0.5) is 0 Å².